The predicted molar refractivity (Wildman–Crippen MR) is 361 cm³/mol. The molecule has 0 aliphatic carbocycles. The number of carbonyl (C=O) groups excluding carboxylic acids is 7. The maximum absolute atomic E-state index is 15.7. The van der Waals surface area contributed by atoms with Gasteiger partial charge in [0.25, 0.3) is 11.5 Å². The van der Waals surface area contributed by atoms with E-state index in [4.69, 9.17) is 37.1 Å². The molecular weight excluding hydrogens is 1290 g/mol. The van der Waals surface area contributed by atoms with Crippen molar-refractivity contribution in [3.63, 3.8) is 0 Å². The lowest BCUT2D eigenvalue weighted by Gasteiger charge is -2.40. The summed E-state index contributed by atoms with van der Waals surface area (Å²) in [5.41, 5.74) is 21.1. The molecule has 0 radical (unpaired) electrons. The average Bonchev–Trinajstić information content (AvgIpc) is 1.58. The molecule has 2 aliphatic rings. The Kier molecular flexibility index (Phi) is 26.8. The number of aryl methyl sites for hydroxylation is 2. The fourth-order valence-corrected chi connectivity index (χ4v) is 11.9. The molecule has 2 aromatic carbocycles. The van der Waals surface area contributed by atoms with E-state index in [9.17, 15) is 48.6 Å². The minimum atomic E-state index is -2.09. The number of aliphatic carboxylic acids is 2. The highest BCUT2D eigenvalue weighted by atomic mass is 16.5. The number of carboxylic acids is 2. The molecule has 99 heavy (non-hydrogen) atoms. The number of ether oxygens (including phenoxy) is 3. The highest BCUT2D eigenvalue weighted by molar-refractivity contribution is 6.00. The number of fused-ring (bicyclic) bond motifs is 2. The first-order valence-corrected chi connectivity index (χ1v) is 31.9. The average molecular weight is 1380 g/mol. The van der Waals surface area contributed by atoms with Crippen LogP contribution in [-0.2, 0) is 74.3 Å². The second-order valence-electron chi connectivity index (χ2n) is 24.4. The summed E-state index contributed by atoms with van der Waals surface area (Å²) in [6.07, 6.45) is -0.946. The zero-order chi connectivity index (χ0) is 73.4. The molecule has 538 valence electrons. The van der Waals surface area contributed by atoms with Gasteiger partial charge in [-0.3, -0.25) is 48.3 Å². The number of nitrogens with one attached hydrogen (secondary N) is 6. The number of aromatic nitrogens is 5. The summed E-state index contributed by atoms with van der Waals surface area (Å²) in [6.45, 7) is 10.1. The molecule has 4 heterocycles. The van der Waals surface area contributed by atoms with Crippen LogP contribution in [-0.4, -0.2) is 188 Å². The van der Waals surface area contributed by atoms with Crippen LogP contribution in [0.15, 0.2) is 90.8 Å². The molecule has 1 fully saturated rings. The van der Waals surface area contributed by atoms with E-state index in [1.54, 1.807) is 32.1 Å². The third kappa shape index (κ3) is 18.8. The van der Waals surface area contributed by atoms with Crippen molar-refractivity contribution in [3.8, 4) is 11.5 Å². The quantitative estimate of drug-likeness (QED) is 0.0135. The predicted octanol–water partition coefficient (Wildman–Crippen LogP) is -2.50. The van der Waals surface area contributed by atoms with Crippen molar-refractivity contribution in [3.05, 3.63) is 109 Å². The van der Waals surface area contributed by atoms with E-state index >= 15 is 19.2 Å². The largest absolute Gasteiger partial charge is 0.493 e. The minimum absolute atomic E-state index is 0.0195. The van der Waals surface area contributed by atoms with E-state index in [1.807, 2.05) is 30.3 Å². The molecular formula is C64H90N18O17. The molecule has 5 unspecified atom stereocenters. The smallest absolute Gasteiger partial charge is 0.347 e. The maximum Gasteiger partial charge on any atom is 0.347 e. The topological polar surface area (TPSA) is 510 Å². The van der Waals surface area contributed by atoms with Crippen molar-refractivity contribution >= 4 is 76.2 Å². The van der Waals surface area contributed by atoms with Crippen LogP contribution < -0.4 is 81.2 Å². The monoisotopic (exact) mass is 1380 g/mol. The number of nitrogens with two attached hydrogens (primary N) is 4. The molecule has 35 nitrogen and oxygen atoms in total. The Labute approximate surface area is 568 Å². The SMILES string of the molecule is C=C1C(=O)N[C@H](C)C(=O)N[C@@H](CCCN=C(N)N)C(=O)NC(C(=O)O)[C@H](C)C(=O)NC(CCCN=C(N)N)C(=O)NC(C2C=C(C)C([C@H](C)[C@H](Cc3ccccc3)OC)n3c(=O)n(CCc4nc5cc(OC)c(OC)cc5n(C)c4=O)c(=O)n32)[C@H](C)C(=O)N[C@@H](C(=O)O)CCC(=O)N1C. The number of methoxy groups -OCH3 is 3. The molecule has 6 rings (SSSR count). The molecule has 16 N–H and O–H groups in total. The highest BCUT2D eigenvalue weighted by Crippen LogP contribution is 2.37. The van der Waals surface area contributed by atoms with Gasteiger partial charge in [0, 0.05) is 71.7 Å². The molecule has 0 saturated carbocycles. The van der Waals surface area contributed by atoms with E-state index in [-0.39, 0.29) is 62.8 Å². The first-order chi connectivity index (χ1) is 46.8. The van der Waals surface area contributed by atoms with Gasteiger partial charge in [0.2, 0.25) is 35.4 Å². The van der Waals surface area contributed by atoms with Gasteiger partial charge in [-0.1, -0.05) is 69.3 Å². The number of nitrogens with zero attached hydrogens (tertiary/aromatic N) is 8. The van der Waals surface area contributed by atoms with Crippen molar-refractivity contribution in [1.82, 2.24) is 60.3 Å². The highest BCUT2D eigenvalue weighted by Gasteiger charge is 2.45. The lowest BCUT2D eigenvalue weighted by molar-refractivity contribution is -0.146. The number of guanidine groups is 2. The van der Waals surface area contributed by atoms with Gasteiger partial charge < -0.3 is 88.7 Å². The summed E-state index contributed by atoms with van der Waals surface area (Å²) >= 11 is 0. The molecule has 2 aromatic heterocycles. The molecule has 7 amide bonds. The van der Waals surface area contributed by atoms with E-state index in [0.29, 0.717) is 34.5 Å². The van der Waals surface area contributed by atoms with Crippen LogP contribution in [0.5, 0.6) is 11.5 Å². The number of hydrogen-bond donors (Lipinski definition) is 12. The van der Waals surface area contributed by atoms with Crippen LogP contribution in [0.3, 0.4) is 0 Å². The number of rotatable bonds is 21. The molecule has 12 atom stereocenters. The molecule has 0 bridgehead atoms. The summed E-state index contributed by atoms with van der Waals surface area (Å²) in [5, 5.41) is 36.2. The van der Waals surface area contributed by atoms with Crippen LogP contribution in [0.25, 0.3) is 11.0 Å². The normalized spacial score (nSPS) is 23.2. The van der Waals surface area contributed by atoms with E-state index in [1.165, 1.54) is 51.5 Å². The number of carbonyl (C=O) groups is 9. The van der Waals surface area contributed by atoms with Crippen molar-refractivity contribution in [1.29, 1.82) is 0 Å². The van der Waals surface area contributed by atoms with Crippen LogP contribution in [0.2, 0.25) is 0 Å². The maximum atomic E-state index is 15.7. The third-order valence-corrected chi connectivity index (χ3v) is 17.7. The number of allylic oxidation sites excluding steroid dienone is 1. The minimum Gasteiger partial charge on any atom is -0.493 e. The second-order valence-corrected chi connectivity index (χ2v) is 24.4. The first-order valence-electron chi connectivity index (χ1n) is 31.9. The van der Waals surface area contributed by atoms with Gasteiger partial charge in [0.15, 0.2) is 23.4 Å². The Hall–Kier alpha value is -10.9. The summed E-state index contributed by atoms with van der Waals surface area (Å²) in [6, 6.07) is -0.610. The molecule has 1 saturated heterocycles. The van der Waals surface area contributed by atoms with Gasteiger partial charge in [0.05, 0.1) is 61.3 Å². The van der Waals surface area contributed by atoms with E-state index < -0.39 is 168 Å². The number of aliphatic imine (C=N–C) groups is 2. The van der Waals surface area contributed by atoms with E-state index in [0.717, 1.165) is 33.7 Å². The van der Waals surface area contributed by atoms with Gasteiger partial charge in [-0.15, -0.1) is 0 Å². The number of amides is 7. The molecule has 2 aliphatic heterocycles. The Morgan fingerprint density at radius 3 is 1.86 bits per heavy atom. The van der Waals surface area contributed by atoms with Gasteiger partial charge in [-0.25, -0.2) is 38.1 Å². The standard InChI is InChI=1S/C64H90N18O17/c1-31-27-44(81-63(95)80(64(96)82(81)51(31)32(2)45(97-9)28-37-17-13-12-14-18-37)26-23-40-58(90)79(8)43-30-47(99-11)46(98-10)29-42(43)72-40)49-33(3)52(84)75-41(59(91)92)21-22-48(83)78(7)36(6)55(87)71-35(5)54(86)74-39(20-16-25-70-62(67)68)57(89)77-50(60(93)94)34(4)53(85)73-38(56(88)76-49)19-15-24-69-61(65)66/h12-14,17-18,27,29-30,32-35,38-39,41,44-45,49-51H,6,15-16,19-26,28H2,1-5,7-11H3,(H,71,87)(H,73,85)(H,74,86)(H,75,84)(H,76,88)(H,77,89)(H,91,92)(H,93,94)(H4,65,66,69)(H4,67,68,70)/t32-,33+,34+,35-,38?,39+,41-,44?,45+,49?,50?,51?/m1/s1. The Balaban J connectivity index is 1.55. The van der Waals surface area contributed by atoms with Gasteiger partial charge in [-0.05, 0) is 57.9 Å². The van der Waals surface area contributed by atoms with Gasteiger partial charge in [0.1, 0.15) is 41.6 Å². The zero-order valence-corrected chi connectivity index (χ0v) is 56.9. The fraction of sp³-hybridized carbons (Fsp3) is 0.516. The summed E-state index contributed by atoms with van der Waals surface area (Å²) < 4.78 is 21.5. The van der Waals surface area contributed by atoms with Crippen molar-refractivity contribution < 1.29 is 67.6 Å². The van der Waals surface area contributed by atoms with Crippen molar-refractivity contribution in [2.75, 3.05) is 41.5 Å². The summed E-state index contributed by atoms with van der Waals surface area (Å²) in [4.78, 5) is 185. The number of carboxylic acid groups (broad SMARTS) is 2. The van der Waals surface area contributed by atoms with Crippen LogP contribution >= 0.6 is 0 Å². The van der Waals surface area contributed by atoms with Crippen molar-refractivity contribution in [2.45, 2.75) is 147 Å². The summed E-state index contributed by atoms with van der Waals surface area (Å²) in [5.74, 6) is -14.8. The van der Waals surface area contributed by atoms with Crippen LogP contribution in [0.1, 0.15) is 96.5 Å². The first kappa shape index (κ1) is 77.1. The van der Waals surface area contributed by atoms with Gasteiger partial charge in [-0.2, -0.15) is 0 Å². The van der Waals surface area contributed by atoms with Gasteiger partial charge >= 0.3 is 23.3 Å². The molecule has 0 spiro atoms. The Morgan fingerprint density at radius 1 is 0.727 bits per heavy atom. The zero-order valence-electron chi connectivity index (χ0n) is 56.9. The number of hydrogen-bond acceptors (Lipinski definition) is 18. The lowest BCUT2D eigenvalue weighted by atomic mass is 9.84. The van der Waals surface area contributed by atoms with E-state index in [2.05, 4.69) is 53.4 Å². The number of benzene rings is 2. The molecule has 4 aromatic rings. The third-order valence-electron chi connectivity index (χ3n) is 17.7. The second kappa shape index (κ2) is 34.4. The fourth-order valence-electron chi connectivity index (χ4n) is 11.9. The van der Waals surface area contributed by atoms with Crippen molar-refractivity contribution in [2.24, 2.45) is 57.7 Å². The summed E-state index contributed by atoms with van der Waals surface area (Å²) in [7, 11) is 6.98. The number of likely N-dealkylation sites (N-methyl/N-ethyl adjacent to an activating group) is 1. The van der Waals surface area contributed by atoms with Crippen LogP contribution in [0, 0.1) is 17.8 Å². The lowest BCUT2D eigenvalue weighted by Crippen LogP contribution is -2.60. The van der Waals surface area contributed by atoms with Crippen LogP contribution in [0.4, 0.5) is 0 Å². The Bertz CT molecular complexity index is 3980. The molecule has 35 heteroatoms. The Morgan fingerprint density at radius 2 is 1.29 bits per heavy atom.